The van der Waals surface area contributed by atoms with Crippen molar-refractivity contribution in [3.8, 4) is 11.5 Å². The number of methoxy groups -OCH3 is 1. The van der Waals surface area contributed by atoms with E-state index in [-0.39, 0.29) is 41.8 Å². The molecule has 0 saturated carbocycles. The molecular weight excluding hydrogens is 370 g/mol. The zero-order valence-corrected chi connectivity index (χ0v) is 18.2. The second-order valence-corrected chi connectivity index (χ2v) is 7.92. The highest BCUT2D eigenvalue weighted by molar-refractivity contribution is 5.99. The number of hydrogen-bond donors (Lipinski definition) is 0. The number of Topliss-reactive ketones (excluding diaryl/α,β-unsaturated/α-hetero) is 2. The minimum Gasteiger partial charge on any atom is -0.493 e. The molecule has 6 heteroatoms. The maximum atomic E-state index is 12.8. The van der Waals surface area contributed by atoms with Crippen molar-refractivity contribution in [3.63, 3.8) is 0 Å². The number of nitrogens with zero attached hydrogens (tertiary/aromatic N) is 1. The van der Waals surface area contributed by atoms with Crippen LogP contribution in [0.4, 0.5) is 0 Å². The number of ether oxygens (including phenoxy) is 2. The van der Waals surface area contributed by atoms with Gasteiger partial charge >= 0.3 is 0 Å². The first kappa shape index (κ1) is 22.9. The standard InChI is InChI=1S/C23H33NO5/c1-6-15(2)20(16(3)25)14-21(27)18-7-8-22(23(13-18)28-5)29-19-9-11-24(12-10-19)17(4)26/h7-8,13,15,19-20H,6,9-12,14H2,1-5H3. The Morgan fingerprint density at radius 3 is 2.31 bits per heavy atom. The van der Waals surface area contributed by atoms with Crippen LogP contribution >= 0.6 is 0 Å². The van der Waals surface area contributed by atoms with Crippen molar-refractivity contribution in [2.24, 2.45) is 11.8 Å². The smallest absolute Gasteiger partial charge is 0.219 e. The van der Waals surface area contributed by atoms with Crippen molar-refractivity contribution < 1.29 is 23.9 Å². The molecule has 160 valence electrons. The molecule has 1 amide bonds. The number of likely N-dealkylation sites (tertiary alicyclic amines) is 1. The second-order valence-electron chi connectivity index (χ2n) is 7.92. The van der Waals surface area contributed by atoms with Crippen LogP contribution in [-0.2, 0) is 9.59 Å². The molecule has 1 aliphatic rings. The van der Waals surface area contributed by atoms with Crippen LogP contribution in [0.15, 0.2) is 18.2 Å². The number of carbonyl (C=O) groups excluding carboxylic acids is 3. The van der Waals surface area contributed by atoms with Crippen LogP contribution < -0.4 is 9.47 Å². The van der Waals surface area contributed by atoms with Gasteiger partial charge in [0.15, 0.2) is 17.3 Å². The molecular formula is C23H33NO5. The number of rotatable bonds is 9. The molecule has 1 heterocycles. The molecule has 1 saturated heterocycles. The zero-order chi connectivity index (χ0) is 21.6. The van der Waals surface area contributed by atoms with E-state index in [0.717, 1.165) is 19.3 Å². The minimum absolute atomic E-state index is 0.00792. The lowest BCUT2D eigenvalue weighted by Gasteiger charge is -2.31. The van der Waals surface area contributed by atoms with Crippen molar-refractivity contribution in [1.82, 2.24) is 4.90 Å². The topological polar surface area (TPSA) is 72.9 Å². The molecule has 29 heavy (non-hydrogen) atoms. The van der Waals surface area contributed by atoms with Crippen LogP contribution in [0.1, 0.15) is 63.7 Å². The lowest BCUT2D eigenvalue weighted by Crippen LogP contribution is -2.40. The quantitative estimate of drug-likeness (QED) is 0.585. The fourth-order valence-electron chi connectivity index (χ4n) is 3.75. The number of carbonyl (C=O) groups is 3. The highest BCUT2D eigenvalue weighted by atomic mass is 16.5. The van der Waals surface area contributed by atoms with Crippen molar-refractivity contribution in [2.45, 2.75) is 59.5 Å². The maximum absolute atomic E-state index is 12.8. The van der Waals surface area contributed by atoms with Gasteiger partial charge in [-0.05, 0) is 31.0 Å². The Hall–Kier alpha value is -2.37. The molecule has 0 aromatic heterocycles. The largest absolute Gasteiger partial charge is 0.493 e. The summed E-state index contributed by atoms with van der Waals surface area (Å²) in [5, 5.41) is 0. The Bertz CT molecular complexity index is 737. The van der Waals surface area contributed by atoms with E-state index in [1.807, 2.05) is 18.7 Å². The summed E-state index contributed by atoms with van der Waals surface area (Å²) in [4.78, 5) is 38.0. The molecule has 2 rings (SSSR count). The summed E-state index contributed by atoms with van der Waals surface area (Å²) in [5.41, 5.74) is 0.523. The van der Waals surface area contributed by atoms with Gasteiger partial charge in [-0.1, -0.05) is 20.3 Å². The number of benzene rings is 1. The van der Waals surface area contributed by atoms with E-state index in [1.165, 1.54) is 0 Å². The van der Waals surface area contributed by atoms with E-state index in [9.17, 15) is 14.4 Å². The molecule has 0 spiro atoms. The SMILES string of the molecule is CCC(C)C(CC(=O)c1ccc(OC2CCN(C(C)=O)CC2)c(OC)c1)C(C)=O. The first-order valence-corrected chi connectivity index (χ1v) is 10.4. The Balaban J connectivity index is 2.07. The van der Waals surface area contributed by atoms with Gasteiger partial charge in [-0.3, -0.25) is 14.4 Å². The van der Waals surface area contributed by atoms with Gasteiger partial charge in [0, 0.05) is 50.8 Å². The predicted octanol–water partition coefficient (Wildman–Crippen LogP) is 3.91. The van der Waals surface area contributed by atoms with E-state index in [4.69, 9.17) is 9.47 Å². The van der Waals surface area contributed by atoms with E-state index >= 15 is 0 Å². The average molecular weight is 404 g/mol. The molecule has 1 aromatic carbocycles. The van der Waals surface area contributed by atoms with Crippen LogP contribution in [0, 0.1) is 11.8 Å². The van der Waals surface area contributed by atoms with E-state index in [0.29, 0.717) is 30.2 Å². The van der Waals surface area contributed by atoms with Crippen LogP contribution in [-0.4, -0.2) is 48.7 Å². The monoisotopic (exact) mass is 403 g/mol. The lowest BCUT2D eigenvalue weighted by atomic mass is 9.83. The molecule has 1 aromatic rings. The Morgan fingerprint density at radius 1 is 1.14 bits per heavy atom. The van der Waals surface area contributed by atoms with Gasteiger partial charge in [-0.2, -0.15) is 0 Å². The van der Waals surface area contributed by atoms with Gasteiger partial charge in [0.05, 0.1) is 7.11 Å². The molecule has 1 fully saturated rings. The Labute approximate surface area is 173 Å². The molecule has 1 aliphatic heterocycles. The van der Waals surface area contributed by atoms with E-state index < -0.39 is 0 Å². The fraction of sp³-hybridized carbons (Fsp3) is 0.609. The maximum Gasteiger partial charge on any atom is 0.219 e. The fourth-order valence-corrected chi connectivity index (χ4v) is 3.75. The number of piperidine rings is 1. The molecule has 0 bridgehead atoms. The van der Waals surface area contributed by atoms with Crippen molar-refractivity contribution in [1.29, 1.82) is 0 Å². The highest BCUT2D eigenvalue weighted by Crippen LogP contribution is 2.32. The van der Waals surface area contributed by atoms with Crippen LogP contribution in [0.2, 0.25) is 0 Å². The zero-order valence-electron chi connectivity index (χ0n) is 18.2. The summed E-state index contributed by atoms with van der Waals surface area (Å²) in [6, 6.07) is 5.18. The third-order valence-electron chi connectivity index (χ3n) is 5.92. The summed E-state index contributed by atoms with van der Waals surface area (Å²) in [7, 11) is 1.55. The van der Waals surface area contributed by atoms with E-state index in [2.05, 4.69) is 0 Å². The van der Waals surface area contributed by atoms with Crippen molar-refractivity contribution in [2.75, 3.05) is 20.2 Å². The van der Waals surface area contributed by atoms with Crippen molar-refractivity contribution >= 4 is 17.5 Å². The normalized spacial score (nSPS) is 16.8. The lowest BCUT2D eigenvalue weighted by molar-refractivity contribution is -0.130. The van der Waals surface area contributed by atoms with Gasteiger partial charge in [0.25, 0.3) is 0 Å². The number of hydrogen-bond acceptors (Lipinski definition) is 5. The number of amides is 1. The summed E-state index contributed by atoms with van der Waals surface area (Å²) in [6.45, 7) is 8.54. The summed E-state index contributed by atoms with van der Waals surface area (Å²) < 4.78 is 11.5. The minimum atomic E-state index is -0.263. The predicted molar refractivity (Wildman–Crippen MR) is 111 cm³/mol. The summed E-state index contributed by atoms with van der Waals surface area (Å²) >= 11 is 0. The molecule has 0 N–H and O–H groups in total. The number of ketones is 2. The second kappa shape index (κ2) is 10.4. The Kier molecular flexibility index (Phi) is 8.23. The van der Waals surface area contributed by atoms with Crippen LogP contribution in [0.3, 0.4) is 0 Å². The van der Waals surface area contributed by atoms with E-state index in [1.54, 1.807) is 39.2 Å². The highest BCUT2D eigenvalue weighted by Gasteiger charge is 2.26. The summed E-state index contributed by atoms with van der Waals surface area (Å²) in [5.74, 6) is 1.08. The average Bonchev–Trinajstić information content (AvgIpc) is 2.71. The molecule has 2 atom stereocenters. The van der Waals surface area contributed by atoms with Crippen molar-refractivity contribution in [3.05, 3.63) is 23.8 Å². The third kappa shape index (κ3) is 6.05. The summed E-state index contributed by atoms with van der Waals surface area (Å²) in [6.07, 6.45) is 2.60. The third-order valence-corrected chi connectivity index (χ3v) is 5.92. The molecule has 6 nitrogen and oxygen atoms in total. The van der Waals surface area contributed by atoms with Gasteiger partial charge in [0.1, 0.15) is 11.9 Å². The molecule has 0 radical (unpaired) electrons. The molecule has 0 aliphatic carbocycles. The van der Waals surface area contributed by atoms with Gasteiger partial charge < -0.3 is 14.4 Å². The molecule has 2 unspecified atom stereocenters. The Morgan fingerprint density at radius 2 is 1.79 bits per heavy atom. The van der Waals surface area contributed by atoms with Gasteiger partial charge in [0.2, 0.25) is 5.91 Å². The first-order chi connectivity index (χ1) is 13.8. The van der Waals surface area contributed by atoms with Gasteiger partial charge in [-0.15, -0.1) is 0 Å². The van der Waals surface area contributed by atoms with Gasteiger partial charge in [-0.25, -0.2) is 0 Å². The van der Waals surface area contributed by atoms with Crippen LogP contribution in [0.5, 0.6) is 11.5 Å². The van der Waals surface area contributed by atoms with Crippen LogP contribution in [0.25, 0.3) is 0 Å². The first-order valence-electron chi connectivity index (χ1n) is 10.4.